The van der Waals surface area contributed by atoms with Crippen LogP contribution in [0.15, 0.2) is 47.5 Å². The van der Waals surface area contributed by atoms with Crippen LogP contribution in [0.2, 0.25) is 5.02 Å². The summed E-state index contributed by atoms with van der Waals surface area (Å²) >= 11 is 7.55. The van der Waals surface area contributed by atoms with Gasteiger partial charge in [0.05, 0.1) is 25.5 Å². The molecule has 0 aliphatic rings. The van der Waals surface area contributed by atoms with Gasteiger partial charge in [-0.1, -0.05) is 18.5 Å². The number of benzene rings is 2. The lowest BCUT2D eigenvalue weighted by Crippen LogP contribution is -2.14. The summed E-state index contributed by atoms with van der Waals surface area (Å²) < 4.78 is 12.5. The number of nitrogens with zero attached hydrogens (tertiary/aromatic N) is 2. The van der Waals surface area contributed by atoms with E-state index in [0.717, 1.165) is 28.3 Å². The maximum Gasteiger partial charge on any atom is 0.283 e. The molecule has 3 aromatic rings. The lowest BCUT2D eigenvalue weighted by atomic mass is 10.1. The van der Waals surface area contributed by atoms with Crippen LogP contribution in [0, 0.1) is 0 Å². The van der Waals surface area contributed by atoms with Crippen molar-refractivity contribution in [3.05, 3.63) is 62.7 Å². The van der Waals surface area contributed by atoms with E-state index in [0.29, 0.717) is 21.1 Å². The number of hydrogen-bond acceptors (Lipinski definition) is 4. The Labute approximate surface area is 172 Å². The molecule has 0 fully saturated rings. The van der Waals surface area contributed by atoms with E-state index in [1.807, 2.05) is 35.9 Å². The molecule has 7 heteroatoms. The standard InChI is InChI=1S/C21H21ClN2O3S/c1-5-18-19(13-6-9-15(26-3)10-7-13)24(2)21(28-18)23-20(25)16-12-14(22)8-11-17(16)27-4/h6-12H,5H2,1-4H3. The largest absolute Gasteiger partial charge is 0.497 e. The third-order valence-corrected chi connectivity index (χ3v) is 5.89. The van der Waals surface area contributed by atoms with E-state index in [2.05, 4.69) is 11.9 Å². The van der Waals surface area contributed by atoms with E-state index in [1.54, 1.807) is 25.3 Å². The first-order valence-corrected chi connectivity index (χ1v) is 9.93. The van der Waals surface area contributed by atoms with E-state index < -0.39 is 0 Å². The quantitative estimate of drug-likeness (QED) is 0.604. The fraction of sp³-hybridized carbons (Fsp3) is 0.238. The minimum absolute atomic E-state index is 0.340. The first-order valence-electron chi connectivity index (χ1n) is 8.74. The molecule has 2 aromatic carbocycles. The summed E-state index contributed by atoms with van der Waals surface area (Å²) in [6.45, 7) is 2.09. The molecule has 0 aliphatic carbocycles. The van der Waals surface area contributed by atoms with Crippen LogP contribution in [0.4, 0.5) is 0 Å². The molecule has 0 bridgehead atoms. The first-order chi connectivity index (χ1) is 13.5. The summed E-state index contributed by atoms with van der Waals surface area (Å²) in [5.41, 5.74) is 2.43. The van der Waals surface area contributed by atoms with Crippen LogP contribution in [0.3, 0.4) is 0 Å². The van der Waals surface area contributed by atoms with Crippen molar-refractivity contribution in [3.63, 3.8) is 0 Å². The number of thiazole rings is 1. The van der Waals surface area contributed by atoms with Crippen molar-refractivity contribution in [1.29, 1.82) is 0 Å². The molecule has 0 saturated carbocycles. The Hall–Kier alpha value is -2.57. The molecule has 0 N–H and O–H groups in total. The van der Waals surface area contributed by atoms with Gasteiger partial charge < -0.3 is 14.0 Å². The van der Waals surface area contributed by atoms with Crippen LogP contribution in [0.25, 0.3) is 11.3 Å². The van der Waals surface area contributed by atoms with Crippen molar-refractivity contribution < 1.29 is 14.3 Å². The van der Waals surface area contributed by atoms with Crippen molar-refractivity contribution >= 4 is 28.8 Å². The maximum absolute atomic E-state index is 12.8. The molecule has 0 saturated heterocycles. The zero-order chi connectivity index (χ0) is 20.3. The molecule has 3 rings (SSSR count). The van der Waals surface area contributed by atoms with Gasteiger partial charge in [0.1, 0.15) is 11.5 Å². The smallest absolute Gasteiger partial charge is 0.283 e. The Balaban J connectivity index is 2.09. The minimum Gasteiger partial charge on any atom is -0.497 e. The van der Waals surface area contributed by atoms with Gasteiger partial charge in [0.15, 0.2) is 4.80 Å². The highest BCUT2D eigenvalue weighted by atomic mass is 35.5. The molecule has 5 nitrogen and oxygen atoms in total. The van der Waals surface area contributed by atoms with Crippen molar-refractivity contribution in [3.8, 4) is 22.8 Å². The van der Waals surface area contributed by atoms with Gasteiger partial charge >= 0.3 is 0 Å². The Morgan fingerprint density at radius 3 is 2.46 bits per heavy atom. The number of ether oxygens (including phenoxy) is 2. The number of methoxy groups -OCH3 is 2. The van der Waals surface area contributed by atoms with Gasteiger partial charge in [-0.05, 0) is 54.4 Å². The Morgan fingerprint density at radius 2 is 1.86 bits per heavy atom. The molecule has 1 heterocycles. The normalized spacial score (nSPS) is 11.5. The van der Waals surface area contributed by atoms with Crippen LogP contribution >= 0.6 is 22.9 Å². The fourth-order valence-corrected chi connectivity index (χ4v) is 4.19. The predicted molar refractivity (Wildman–Crippen MR) is 113 cm³/mol. The van der Waals surface area contributed by atoms with Gasteiger partial charge in [0, 0.05) is 16.9 Å². The molecule has 0 unspecified atom stereocenters. The molecule has 1 amide bonds. The van der Waals surface area contributed by atoms with Gasteiger partial charge in [-0.3, -0.25) is 4.79 Å². The third kappa shape index (κ3) is 3.98. The Morgan fingerprint density at radius 1 is 1.14 bits per heavy atom. The van der Waals surface area contributed by atoms with Crippen molar-refractivity contribution in [2.75, 3.05) is 14.2 Å². The van der Waals surface area contributed by atoms with Gasteiger partial charge in [0.25, 0.3) is 5.91 Å². The molecule has 146 valence electrons. The second kappa shape index (κ2) is 8.63. The number of halogens is 1. The first kappa shape index (κ1) is 20.2. The van der Waals surface area contributed by atoms with E-state index in [4.69, 9.17) is 21.1 Å². The van der Waals surface area contributed by atoms with E-state index in [-0.39, 0.29) is 5.91 Å². The fourth-order valence-electron chi connectivity index (χ4n) is 2.95. The van der Waals surface area contributed by atoms with E-state index in [1.165, 1.54) is 18.4 Å². The number of carbonyl (C=O) groups is 1. The molecular formula is C21H21ClN2O3S. The highest BCUT2D eigenvalue weighted by Crippen LogP contribution is 2.28. The molecule has 0 radical (unpaired) electrons. The number of aryl methyl sites for hydroxylation is 1. The van der Waals surface area contributed by atoms with Crippen LogP contribution < -0.4 is 14.3 Å². The highest BCUT2D eigenvalue weighted by molar-refractivity contribution is 7.09. The predicted octanol–water partition coefficient (Wildman–Crippen LogP) is 4.73. The highest BCUT2D eigenvalue weighted by Gasteiger charge is 2.16. The number of hydrogen-bond donors (Lipinski definition) is 0. The molecule has 0 atom stereocenters. The minimum atomic E-state index is -0.389. The SMILES string of the molecule is CCc1sc(=NC(=O)c2cc(Cl)ccc2OC)n(C)c1-c1ccc(OC)cc1. The molecule has 28 heavy (non-hydrogen) atoms. The van der Waals surface area contributed by atoms with Gasteiger partial charge in [-0.2, -0.15) is 4.99 Å². The topological polar surface area (TPSA) is 52.8 Å². The molecule has 0 spiro atoms. The number of rotatable bonds is 5. The lowest BCUT2D eigenvalue weighted by Gasteiger charge is -2.07. The second-order valence-electron chi connectivity index (χ2n) is 6.06. The Bertz CT molecular complexity index is 1070. The van der Waals surface area contributed by atoms with Crippen LogP contribution in [-0.2, 0) is 13.5 Å². The molecule has 1 aromatic heterocycles. The second-order valence-corrected chi connectivity index (χ2v) is 7.56. The maximum atomic E-state index is 12.8. The zero-order valence-corrected chi connectivity index (χ0v) is 17.7. The third-order valence-electron chi connectivity index (χ3n) is 4.37. The summed E-state index contributed by atoms with van der Waals surface area (Å²) in [6.07, 6.45) is 0.837. The van der Waals surface area contributed by atoms with Crippen LogP contribution in [-0.4, -0.2) is 24.7 Å². The summed E-state index contributed by atoms with van der Waals surface area (Å²) in [5.74, 6) is 0.858. The van der Waals surface area contributed by atoms with Crippen molar-refractivity contribution in [2.45, 2.75) is 13.3 Å². The average molecular weight is 417 g/mol. The van der Waals surface area contributed by atoms with Gasteiger partial charge in [0.2, 0.25) is 0 Å². The Kier molecular flexibility index (Phi) is 6.21. The zero-order valence-electron chi connectivity index (χ0n) is 16.2. The van der Waals surface area contributed by atoms with Crippen molar-refractivity contribution in [1.82, 2.24) is 4.57 Å². The molecule has 0 aliphatic heterocycles. The number of carbonyl (C=O) groups excluding carboxylic acids is 1. The summed E-state index contributed by atoms with van der Waals surface area (Å²) in [7, 11) is 5.07. The lowest BCUT2D eigenvalue weighted by molar-refractivity contribution is 0.0995. The van der Waals surface area contributed by atoms with Crippen molar-refractivity contribution in [2.24, 2.45) is 12.0 Å². The van der Waals surface area contributed by atoms with E-state index >= 15 is 0 Å². The monoisotopic (exact) mass is 416 g/mol. The van der Waals surface area contributed by atoms with Crippen LogP contribution in [0.5, 0.6) is 11.5 Å². The number of aromatic nitrogens is 1. The number of amides is 1. The average Bonchev–Trinajstić information content (AvgIpc) is 3.03. The van der Waals surface area contributed by atoms with Gasteiger partial charge in [-0.15, -0.1) is 11.3 Å². The van der Waals surface area contributed by atoms with Crippen LogP contribution in [0.1, 0.15) is 22.2 Å². The summed E-state index contributed by atoms with van der Waals surface area (Å²) in [4.78, 5) is 18.9. The summed E-state index contributed by atoms with van der Waals surface area (Å²) in [5, 5.41) is 0.461. The summed E-state index contributed by atoms with van der Waals surface area (Å²) in [6, 6.07) is 12.8. The molecular weight excluding hydrogens is 396 g/mol. The van der Waals surface area contributed by atoms with E-state index in [9.17, 15) is 4.79 Å². The van der Waals surface area contributed by atoms with Gasteiger partial charge in [-0.25, -0.2) is 0 Å².